The second-order valence-corrected chi connectivity index (χ2v) is 10.7. The summed E-state index contributed by atoms with van der Waals surface area (Å²) in [6, 6.07) is 3.23. The van der Waals surface area contributed by atoms with E-state index >= 15 is 0 Å². The predicted molar refractivity (Wildman–Crippen MR) is 116 cm³/mol. The Bertz CT molecular complexity index is 841. The molecule has 2 unspecified atom stereocenters. The maximum absolute atomic E-state index is 12.9. The third-order valence-corrected chi connectivity index (χ3v) is 8.03. The van der Waals surface area contributed by atoms with Gasteiger partial charge in [0.15, 0.2) is 0 Å². The molecule has 2 aliphatic rings. The van der Waals surface area contributed by atoms with Crippen molar-refractivity contribution in [3.05, 3.63) is 33.7 Å². The van der Waals surface area contributed by atoms with Crippen LogP contribution in [0.5, 0.6) is 0 Å². The van der Waals surface area contributed by atoms with Crippen LogP contribution < -0.4 is 10.3 Å². The number of hydrogen-bond donors (Lipinski definition) is 1. The molecule has 2 heterocycles. The van der Waals surface area contributed by atoms with E-state index in [2.05, 4.69) is 11.6 Å². The molecule has 0 bridgehead atoms. The lowest BCUT2D eigenvalue weighted by Gasteiger charge is -2.37. The van der Waals surface area contributed by atoms with Gasteiger partial charge >= 0.3 is 0 Å². The standard InChI is InChI=1S/C22H36N2O4S/c1-4-6-17-8-12-19(13-9-17)28-15-21-20(23-29(26,27)5-2)14-11-18-10-7-16(3)22(25)24(18)21/h7,10,17,19-21,23H,4-6,8-9,11-15H2,1-3H3. The van der Waals surface area contributed by atoms with E-state index in [-0.39, 0.29) is 29.5 Å². The molecule has 2 atom stereocenters. The summed E-state index contributed by atoms with van der Waals surface area (Å²) in [5.74, 6) is 0.846. The summed E-state index contributed by atoms with van der Waals surface area (Å²) in [7, 11) is -3.36. The summed E-state index contributed by atoms with van der Waals surface area (Å²) >= 11 is 0. The van der Waals surface area contributed by atoms with Crippen LogP contribution in [0.15, 0.2) is 16.9 Å². The summed E-state index contributed by atoms with van der Waals surface area (Å²) in [6.07, 6.45) is 8.60. The van der Waals surface area contributed by atoms with E-state index < -0.39 is 10.0 Å². The number of pyridine rings is 1. The number of nitrogens with zero attached hydrogens (tertiary/aromatic N) is 1. The quantitative estimate of drug-likeness (QED) is 0.694. The van der Waals surface area contributed by atoms with Gasteiger partial charge in [-0.25, -0.2) is 13.1 Å². The highest BCUT2D eigenvalue weighted by atomic mass is 32.2. The van der Waals surface area contributed by atoms with Gasteiger partial charge in [-0.2, -0.15) is 0 Å². The van der Waals surface area contributed by atoms with Crippen molar-refractivity contribution in [3.8, 4) is 0 Å². The minimum Gasteiger partial charge on any atom is -0.376 e. The van der Waals surface area contributed by atoms with Gasteiger partial charge < -0.3 is 9.30 Å². The van der Waals surface area contributed by atoms with Crippen molar-refractivity contribution in [2.24, 2.45) is 5.92 Å². The van der Waals surface area contributed by atoms with E-state index in [0.717, 1.165) is 24.5 Å². The minimum atomic E-state index is -3.36. The molecular formula is C22H36N2O4S. The van der Waals surface area contributed by atoms with E-state index in [1.165, 1.54) is 25.7 Å². The Morgan fingerprint density at radius 3 is 2.52 bits per heavy atom. The van der Waals surface area contributed by atoms with E-state index in [4.69, 9.17) is 4.74 Å². The molecule has 6 nitrogen and oxygen atoms in total. The largest absolute Gasteiger partial charge is 0.376 e. The average Bonchev–Trinajstić information content (AvgIpc) is 2.71. The summed E-state index contributed by atoms with van der Waals surface area (Å²) in [5, 5.41) is 0. The highest BCUT2D eigenvalue weighted by molar-refractivity contribution is 7.89. The SMILES string of the molecule is CCCC1CCC(OCC2C(NS(=O)(=O)CC)CCc3ccc(C)c(=O)n32)CC1. The predicted octanol–water partition coefficient (Wildman–Crippen LogP) is 3.33. The van der Waals surface area contributed by atoms with E-state index in [1.807, 2.05) is 19.1 Å². The topological polar surface area (TPSA) is 77.4 Å². The number of sulfonamides is 1. The van der Waals surface area contributed by atoms with Crippen molar-refractivity contribution >= 4 is 10.0 Å². The Kier molecular flexibility index (Phi) is 7.57. The van der Waals surface area contributed by atoms with Crippen LogP contribution in [0.3, 0.4) is 0 Å². The number of rotatable bonds is 8. The zero-order valence-corrected chi connectivity index (χ0v) is 18.8. The number of hydrogen-bond acceptors (Lipinski definition) is 4. The molecule has 0 saturated heterocycles. The second kappa shape index (κ2) is 9.75. The molecule has 0 amide bonds. The van der Waals surface area contributed by atoms with Crippen molar-refractivity contribution in [1.29, 1.82) is 0 Å². The van der Waals surface area contributed by atoms with Crippen LogP contribution in [-0.2, 0) is 21.2 Å². The van der Waals surface area contributed by atoms with Gasteiger partial charge in [0.25, 0.3) is 5.56 Å². The molecule has 0 radical (unpaired) electrons. The normalized spacial score (nSPS) is 27.6. The lowest BCUT2D eigenvalue weighted by atomic mass is 9.84. The molecule has 1 fully saturated rings. The highest BCUT2D eigenvalue weighted by Crippen LogP contribution is 2.31. The number of nitrogens with one attached hydrogen (secondary N) is 1. The van der Waals surface area contributed by atoms with Crippen molar-refractivity contribution in [2.45, 2.75) is 90.3 Å². The monoisotopic (exact) mass is 424 g/mol. The first-order valence-electron chi connectivity index (χ1n) is 11.2. The lowest BCUT2D eigenvalue weighted by molar-refractivity contribution is -0.00735. The summed E-state index contributed by atoms with van der Waals surface area (Å²) in [5.41, 5.74) is 1.61. The second-order valence-electron chi connectivity index (χ2n) is 8.68. The first kappa shape index (κ1) is 22.5. The molecule has 1 N–H and O–H groups in total. The molecule has 7 heteroatoms. The van der Waals surface area contributed by atoms with Gasteiger partial charge in [-0.05, 0) is 64.4 Å². The number of ether oxygens (including phenoxy) is 1. The Morgan fingerprint density at radius 2 is 1.86 bits per heavy atom. The molecule has 0 spiro atoms. The van der Waals surface area contributed by atoms with Gasteiger partial charge in [0.05, 0.1) is 24.5 Å². The van der Waals surface area contributed by atoms with Crippen molar-refractivity contribution in [2.75, 3.05) is 12.4 Å². The molecule has 3 rings (SSSR count). The van der Waals surface area contributed by atoms with Gasteiger partial charge in [-0.15, -0.1) is 0 Å². The van der Waals surface area contributed by atoms with Crippen LogP contribution in [0.25, 0.3) is 0 Å². The van der Waals surface area contributed by atoms with Gasteiger partial charge in [0.2, 0.25) is 10.0 Å². The Balaban J connectivity index is 1.76. The minimum absolute atomic E-state index is 0.0358. The zero-order chi connectivity index (χ0) is 21.0. The van der Waals surface area contributed by atoms with Crippen LogP contribution >= 0.6 is 0 Å². The maximum atomic E-state index is 12.9. The number of aryl methyl sites for hydroxylation is 2. The van der Waals surface area contributed by atoms with Crippen LogP contribution in [0.4, 0.5) is 0 Å². The van der Waals surface area contributed by atoms with Gasteiger partial charge in [0, 0.05) is 17.3 Å². The third-order valence-electron chi connectivity index (χ3n) is 6.60. The maximum Gasteiger partial charge on any atom is 0.254 e. The lowest BCUT2D eigenvalue weighted by Crippen LogP contribution is -2.50. The number of fused-ring (bicyclic) bond motifs is 1. The van der Waals surface area contributed by atoms with Gasteiger partial charge in [0.1, 0.15) is 0 Å². The van der Waals surface area contributed by atoms with Crippen LogP contribution in [0.1, 0.15) is 76.1 Å². The number of aromatic nitrogens is 1. The van der Waals surface area contributed by atoms with Crippen LogP contribution in [0.2, 0.25) is 0 Å². The molecule has 1 aromatic rings. The fraction of sp³-hybridized carbons (Fsp3) is 0.773. The smallest absolute Gasteiger partial charge is 0.254 e. The molecule has 1 aliphatic heterocycles. The van der Waals surface area contributed by atoms with Gasteiger partial charge in [-0.3, -0.25) is 4.79 Å². The van der Waals surface area contributed by atoms with Crippen LogP contribution in [-0.4, -0.2) is 37.5 Å². The third kappa shape index (κ3) is 5.50. The zero-order valence-electron chi connectivity index (χ0n) is 18.0. The van der Waals surface area contributed by atoms with E-state index in [0.29, 0.717) is 25.0 Å². The molecule has 1 aliphatic carbocycles. The van der Waals surface area contributed by atoms with Crippen LogP contribution in [0, 0.1) is 12.8 Å². The van der Waals surface area contributed by atoms with Crippen molar-refractivity contribution < 1.29 is 13.2 Å². The Morgan fingerprint density at radius 1 is 1.14 bits per heavy atom. The summed E-state index contributed by atoms with van der Waals surface area (Å²) in [6.45, 7) is 6.05. The first-order valence-corrected chi connectivity index (χ1v) is 12.8. The first-order chi connectivity index (χ1) is 13.8. The van der Waals surface area contributed by atoms with Crippen molar-refractivity contribution in [1.82, 2.24) is 9.29 Å². The van der Waals surface area contributed by atoms with Crippen molar-refractivity contribution in [3.63, 3.8) is 0 Å². The fourth-order valence-electron chi connectivity index (χ4n) is 4.81. The molecule has 29 heavy (non-hydrogen) atoms. The Labute approximate surface area is 175 Å². The van der Waals surface area contributed by atoms with E-state index in [9.17, 15) is 13.2 Å². The molecule has 1 saturated carbocycles. The highest BCUT2D eigenvalue weighted by Gasteiger charge is 2.34. The average molecular weight is 425 g/mol. The van der Waals surface area contributed by atoms with Gasteiger partial charge in [-0.1, -0.05) is 25.8 Å². The Hall–Kier alpha value is -1.18. The summed E-state index contributed by atoms with van der Waals surface area (Å²) in [4.78, 5) is 12.9. The summed E-state index contributed by atoms with van der Waals surface area (Å²) < 4.78 is 35.4. The fourth-order valence-corrected chi connectivity index (χ4v) is 5.71. The molecule has 164 valence electrons. The molecule has 0 aromatic carbocycles. The van der Waals surface area contributed by atoms with E-state index in [1.54, 1.807) is 11.5 Å². The molecular weight excluding hydrogens is 388 g/mol. The molecule has 1 aromatic heterocycles.